The minimum absolute atomic E-state index is 0.291. The molecule has 0 atom stereocenters. The Labute approximate surface area is 122 Å². The van der Waals surface area contributed by atoms with Gasteiger partial charge >= 0.3 is 6.03 Å². The number of hydrogen-bond acceptors (Lipinski definition) is 3. The van der Waals surface area contributed by atoms with E-state index in [-0.39, 0.29) is 6.03 Å². The summed E-state index contributed by atoms with van der Waals surface area (Å²) in [6.45, 7) is 3.01. The van der Waals surface area contributed by atoms with Crippen LogP contribution in [0.3, 0.4) is 0 Å². The molecule has 0 bridgehead atoms. The lowest BCUT2D eigenvalue weighted by molar-refractivity contribution is 0.171. The van der Waals surface area contributed by atoms with Crippen molar-refractivity contribution in [3.63, 3.8) is 0 Å². The quantitative estimate of drug-likeness (QED) is 0.888. The fourth-order valence-electron chi connectivity index (χ4n) is 2.12. The zero-order valence-electron chi connectivity index (χ0n) is 11.7. The van der Waals surface area contributed by atoms with E-state index in [9.17, 15) is 4.79 Å². The van der Waals surface area contributed by atoms with E-state index in [1.54, 1.807) is 18.2 Å². The SMILES string of the molecule is Cc1ccccc1NC(=O)Nc1ccc2c(c1)OCCO2. The molecule has 2 N–H and O–H groups in total. The number of carbonyl (C=O) groups excluding carboxylic acids is 1. The van der Waals surface area contributed by atoms with Crippen LogP contribution in [0, 0.1) is 6.92 Å². The van der Waals surface area contributed by atoms with E-state index in [1.807, 2.05) is 31.2 Å². The standard InChI is InChI=1S/C16H16N2O3/c1-11-4-2-3-5-13(11)18-16(19)17-12-6-7-14-15(10-12)21-9-8-20-14/h2-7,10H,8-9H2,1H3,(H2,17,18,19). The lowest BCUT2D eigenvalue weighted by atomic mass is 10.2. The van der Waals surface area contributed by atoms with Gasteiger partial charge in [-0.3, -0.25) is 0 Å². The van der Waals surface area contributed by atoms with E-state index in [0.29, 0.717) is 30.4 Å². The van der Waals surface area contributed by atoms with Gasteiger partial charge in [-0.2, -0.15) is 0 Å². The average molecular weight is 284 g/mol. The first-order chi connectivity index (χ1) is 10.2. The summed E-state index contributed by atoms with van der Waals surface area (Å²) in [5.74, 6) is 1.35. The zero-order valence-corrected chi connectivity index (χ0v) is 11.7. The van der Waals surface area contributed by atoms with E-state index >= 15 is 0 Å². The number of hydrogen-bond donors (Lipinski definition) is 2. The molecule has 108 valence electrons. The first-order valence-corrected chi connectivity index (χ1v) is 6.76. The van der Waals surface area contributed by atoms with Crippen LogP contribution in [0.25, 0.3) is 0 Å². The Hall–Kier alpha value is -2.69. The predicted molar refractivity (Wildman–Crippen MR) is 81.3 cm³/mol. The third-order valence-corrected chi connectivity index (χ3v) is 3.19. The maximum Gasteiger partial charge on any atom is 0.323 e. The van der Waals surface area contributed by atoms with Crippen molar-refractivity contribution in [3.05, 3.63) is 48.0 Å². The number of fused-ring (bicyclic) bond motifs is 1. The second-order valence-electron chi connectivity index (χ2n) is 4.75. The van der Waals surface area contributed by atoms with Crippen LogP contribution in [0.1, 0.15) is 5.56 Å². The van der Waals surface area contributed by atoms with Crippen molar-refractivity contribution in [2.45, 2.75) is 6.92 Å². The maximum absolute atomic E-state index is 12.0. The molecule has 1 aliphatic rings. The van der Waals surface area contributed by atoms with Crippen molar-refractivity contribution in [1.82, 2.24) is 0 Å². The van der Waals surface area contributed by atoms with Crippen molar-refractivity contribution in [2.24, 2.45) is 0 Å². The number of aryl methyl sites for hydroxylation is 1. The first kappa shape index (κ1) is 13.3. The van der Waals surface area contributed by atoms with Crippen LogP contribution in [0.15, 0.2) is 42.5 Å². The van der Waals surface area contributed by atoms with Gasteiger partial charge in [0, 0.05) is 17.4 Å². The monoisotopic (exact) mass is 284 g/mol. The molecule has 2 aromatic rings. The highest BCUT2D eigenvalue weighted by Crippen LogP contribution is 2.32. The van der Waals surface area contributed by atoms with Gasteiger partial charge in [0.05, 0.1) is 0 Å². The van der Waals surface area contributed by atoms with Gasteiger partial charge in [0.2, 0.25) is 0 Å². The molecule has 5 heteroatoms. The number of benzene rings is 2. The number of nitrogens with one attached hydrogen (secondary N) is 2. The average Bonchev–Trinajstić information content (AvgIpc) is 2.49. The smallest absolute Gasteiger partial charge is 0.323 e. The van der Waals surface area contributed by atoms with Gasteiger partial charge in [-0.15, -0.1) is 0 Å². The molecule has 0 aliphatic carbocycles. The van der Waals surface area contributed by atoms with Gasteiger partial charge in [0.15, 0.2) is 11.5 Å². The summed E-state index contributed by atoms with van der Waals surface area (Å²) >= 11 is 0. The minimum Gasteiger partial charge on any atom is -0.486 e. The summed E-state index contributed by atoms with van der Waals surface area (Å²) in [5.41, 5.74) is 2.45. The van der Waals surface area contributed by atoms with E-state index in [4.69, 9.17) is 9.47 Å². The summed E-state index contributed by atoms with van der Waals surface area (Å²) in [7, 11) is 0. The lowest BCUT2D eigenvalue weighted by Gasteiger charge is -2.19. The fourth-order valence-corrected chi connectivity index (χ4v) is 2.12. The van der Waals surface area contributed by atoms with Crippen molar-refractivity contribution < 1.29 is 14.3 Å². The van der Waals surface area contributed by atoms with Crippen molar-refractivity contribution in [2.75, 3.05) is 23.8 Å². The molecular weight excluding hydrogens is 268 g/mol. The predicted octanol–water partition coefficient (Wildman–Crippen LogP) is 3.41. The van der Waals surface area contributed by atoms with Gasteiger partial charge < -0.3 is 20.1 Å². The highest BCUT2D eigenvalue weighted by atomic mass is 16.6. The second-order valence-corrected chi connectivity index (χ2v) is 4.75. The molecule has 0 aromatic heterocycles. The number of carbonyl (C=O) groups is 1. The van der Waals surface area contributed by atoms with Gasteiger partial charge in [0.1, 0.15) is 13.2 Å². The van der Waals surface area contributed by atoms with Crippen LogP contribution in [-0.4, -0.2) is 19.2 Å². The Bertz CT molecular complexity index is 670. The normalized spacial score (nSPS) is 12.6. The zero-order chi connectivity index (χ0) is 14.7. The molecule has 2 aromatic carbocycles. The molecule has 0 radical (unpaired) electrons. The van der Waals surface area contributed by atoms with Gasteiger partial charge in [-0.25, -0.2) is 4.79 Å². The highest BCUT2D eigenvalue weighted by molar-refractivity contribution is 6.00. The van der Waals surface area contributed by atoms with Crippen molar-refractivity contribution in [1.29, 1.82) is 0 Å². The van der Waals surface area contributed by atoms with Crippen molar-refractivity contribution >= 4 is 17.4 Å². The van der Waals surface area contributed by atoms with Crippen LogP contribution in [0.5, 0.6) is 11.5 Å². The summed E-state index contributed by atoms with van der Waals surface area (Å²) in [6.07, 6.45) is 0. The molecule has 0 spiro atoms. The summed E-state index contributed by atoms with van der Waals surface area (Å²) in [5, 5.41) is 5.60. The minimum atomic E-state index is -0.291. The Morgan fingerprint density at radius 3 is 2.57 bits per heavy atom. The lowest BCUT2D eigenvalue weighted by Crippen LogP contribution is -2.20. The Morgan fingerprint density at radius 1 is 1.00 bits per heavy atom. The summed E-state index contributed by atoms with van der Waals surface area (Å²) in [4.78, 5) is 12.0. The number of para-hydroxylation sites is 1. The molecule has 3 rings (SSSR count). The first-order valence-electron chi connectivity index (χ1n) is 6.76. The fraction of sp³-hybridized carbons (Fsp3) is 0.188. The molecule has 0 saturated heterocycles. The third-order valence-electron chi connectivity index (χ3n) is 3.19. The second kappa shape index (κ2) is 5.75. The van der Waals surface area contributed by atoms with Crippen LogP contribution in [0.4, 0.5) is 16.2 Å². The summed E-state index contributed by atoms with van der Waals surface area (Å²) in [6, 6.07) is 12.7. The molecular formula is C16H16N2O3. The Morgan fingerprint density at radius 2 is 1.76 bits per heavy atom. The Balaban J connectivity index is 1.69. The Kier molecular flexibility index (Phi) is 3.64. The third kappa shape index (κ3) is 3.08. The summed E-state index contributed by atoms with van der Waals surface area (Å²) < 4.78 is 10.9. The van der Waals surface area contributed by atoms with E-state index in [0.717, 1.165) is 11.3 Å². The van der Waals surface area contributed by atoms with Crippen LogP contribution in [0.2, 0.25) is 0 Å². The number of urea groups is 1. The van der Waals surface area contributed by atoms with Crippen LogP contribution >= 0.6 is 0 Å². The topological polar surface area (TPSA) is 59.6 Å². The number of rotatable bonds is 2. The van der Waals surface area contributed by atoms with Crippen LogP contribution in [-0.2, 0) is 0 Å². The molecule has 0 unspecified atom stereocenters. The number of amides is 2. The number of ether oxygens (including phenoxy) is 2. The van der Waals surface area contributed by atoms with Crippen molar-refractivity contribution in [3.8, 4) is 11.5 Å². The van der Waals surface area contributed by atoms with E-state index in [2.05, 4.69) is 10.6 Å². The molecule has 21 heavy (non-hydrogen) atoms. The molecule has 0 fully saturated rings. The molecule has 2 amide bonds. The molecule has 1 heterocycles. The largest absolute Gasteiger partial charge is 0.486 e. The highest BCUT2D eigenvalue weighted by Gasteiger charge is 2.12. The van der Waals surface area contributed by atoms with Gasteiger partial charge in [0.25, 0.3) is 0 Å². The molecule has 5 nitrogen and oxygen atoms in total. The van der Waals surface area contributed by atoms with Gasteiger partial charge in [-0.1, -0.05) is 18.2 Å². The maximum atomic E-state index is 12.0. The number of anilines is 2. The van der Waals surface area contributed by atoms with E-state index < -0.39 is 0 Å². The van der Waals surface area contributed by atoms with E-state index in [1.165, 1.54) is 0 Å². The van der Waals surface area contributed by atoms with Crippen LogP contribution < -0.4 is 20.1 Å². The van der Waals surface area contributed by atoms with Gasteiger partial charge in [-0.05, 0) is 30.7 Å². The molecule has 0 saturated carbocycles. The molecule has 1 aliphatic heterocycles.